The SMILES string of the molecule is CCNC(=NCC1CCCS1)NCCOC. The summed E-state index contributed by atoms with van der Waals surface area (Å²) in [5.41, 5.74) is 0. The van der Waals surface area contributed by atoms with E-state index >= 15 is 0 Å². The van der Waals surface area contributed by atoms with Gasteiger partial charge in [-0.1, -0.05) is 0 Å². The molecule has 1 atom stereocenters. The second kappa shape index (κ2) is 8.70. The van der Waals surface area contributed by atoms with Gasteiger partial charge in [0.2, 0.25) is 0 Å². The molecule has 94 valence electrons. The zero-order valence-electron chi connectivity index (χ0n) is 10.3. The third-order valence-corrected chi connectivity index (χ3v) is 3.80. The largest absolute Gasteiger partial charge is 0.383 e. The average Bonchev–Trinajstić information content (AvgIpc) is 2.79. The van der Waals surface area contributed by atoms with Gasteiger partial charge in [0, 0.05) is 25.4 Å². The van der Waals surface area contributed by atoms with E-state index in [0.29, 0.717) is 6.61 Å². The fraction of sp³-hybridized carbons (Fsp3) is 0.909. The maximum atomic E-state index is 5.00. The van der Waals surface area contributed by atoms with Crippen molar-refractivity contribution in [1.29, 1.82) is 0 Å². The molecule has 1 aliphatic heterocycles. The lowest BCUT2D eigenvalue weighted by atomic mass is 10.2. The lowest BCUT2D eigenvalue weighted by molar-refractivity contribution is 0.203. The molecule has 2 N–H and O–H groups in total. The average molecular weight is 245 g/mol. The van der Waals surface area contributed by atoms with Crippen LogP contribution < -0.4 is 10.6 Å². The number of rotatable bonds is 6. The highest BCUT2D eigenvalue weighted by molar-refractivity contribution is 8.00. The van der Waals surface area contributed by atoms with Crippen LogP contribution in [-0.2, 0) is 4.74 Å². The molecule has 0 aromatic heterocycles. The van der Waals surface area contributed by atoms with Crippen molar-refractivity contribution in [2.45, 2.75) is 25.0 Å². The van der Waals surface area contributed by atoms with Crippen LogP contribution in [0.25, 0.3) is 0 Å². The number of hydrogen-bond acceptors (Lipinski definition) is 3. The van der Waals surface area contributed by atoms with Crippen molar-refractivity contribution in [3.63, 3.8) is 0 Å². The van der Waals surface area contributed by atoms with Crippen molar-refractivity contribution in [3.05, 3.63) is 0 Å². The molecule has 0 aromatic carbocycles. The zero-order valence-corrected chi connectivity index (χ0v) is 11.1. The first-order chi connectivity index (χ1) is 7.86. The van der Waals surface area contributed by atoms with Gasteiger partial charge >= 0.3 is 0 Å². The molecule has 16 heavy (non-hydrogen) atoms. The summed E-state index contributed by atoms with van der Waals surface area (Å²) >= 11 is 2.04. The Morgan fingerprint density at radius 2 is 2.38 bits per heavy atom. The molecule has 5 heteroatoms. The number of nitrogens with zero attached hydrogens (tertiary/aromatic N) is 1. The third kappa shape index (κ3) is 5.61. The van der Waals surface area contributed by atoms with Gasteiger partial charge in [-0.15, -0.1) is 0 Å². The van der Waals surface area contributed by atoms with E-state index in [-0.39, 0.29) is 0 Å². The van der Waals surface area contributed by atoms with Gasteiger partial charge in [0.1, 0.15) is 0 Å². The summed E-state index contributed by atoms with van der Waals surface area (Å²) in [6.07, 6.45) is 2.66. The summed E-state index contributed by atoms with van der Waals surface area (Å²) in [6, 6.07) is 0. The first-order valence-electron chi connectivity index (χ1n) is 5.99. The monoisotopic (exact) mass is 245 g/mol. The molecule has 0 amide bonds. The van der Waals surface area contributed by atoms with Gasteiger partial charge in [0.05, 0.1) is 13.2 Å². The fourth-order valence-electron chi connectivity index (χ4n) is 1.59. The number of ether oxygens (including phenoxy) is 1. The van der Waals surface area contributed by atoms with Crippen molar-refractivity contribution in [2.24, 2.45) is 4.99 Å². The molecule has 1 aliphatic rings. The van der Waals surface area contributed by atoms with Gasteiger partial charge in [-0.3, -0.25) is 4.99 Å². The minimum Gasteiger partial charge on any atom is -0.383 e. The van der Waals surface area contributed by atoms with Gasteiger partial charge in [0.15, 0.2) is 5.96 Å². The van der Waals surface area contributed by atoms with Gasteiger partial charge < -0.3 is 15.4 Å². The topological polar surface area (TPSA) is 45.7 Å². The Morgan fingerprint density at radius 3 is 3.00 bits per heavy atom. The Bertz CT molecular complexity index is 205. The Hall–Kier alpha value is -0.420. The summed E-state index contributed by atoms with van der Waals surface area (Å²) in [4.78, 5) is 4.59. The van der Waals surface area contributed by atoms with Gasteiger partial charge in [0.25, 0.3) is 0 Å². The second-order valence-corrected chi connectivity index (χ2v) is 5.18. The third-order valence-electron chi connectivity index (χ3n) is 2.42. The molecule has 0 radical (unpaired) electrons. The molecule has 0 bridgehead atoms. The van der Waals surface area contributed by atoms with E-state index in [9.17, 15) is 0 Å². The lowest BCUT2D eigenvalue weighted by Crippen LogP contribution is -2.39. The molecular formula is C11H23N3OS. The summed E-state index contributed by atoms with van der Waals surface area (Å²) in [5, 5.41) is 7.21. The lowest BCUT2D eigenvalue weighted by Gasteiger charge is -2.12. The van der Waals surface area contributed by atoms with Crippen LogP contribution in [0.15, 0.2) is 4.99 Å². The van der Waals surface area contributed by atoms with Crippen LogP contribution in [0.1, 0.15) is 19.8 Å². The van der Waals surface area contributed by atoms with E-state index in [2.05, 4.69) is 22.5 Å². The van der Waals surface area contributed by atoms with Crippen LogP contribution in [0.2, 0.25) is 0 Å². The van der Waals surface area contributed by atoms with Crippen LogP contribution in [0, 0.1) is 0 Å². The minimum atomic E-state index is 0.711. The Morgan fingerprint density at radius 1 is 1.50 bits per heavy atom. The highest BCUT2D eigenvalue weighted by Gasteiger charge is 2.14. The van der Waals surface area contributed by atoms with E-state index < -0.39 is 0 Å². The number of nitrogens with one attached hydrogen (secondary N) is 2. The van der Waals surface area contributed by atoms with Crippen molar-refractivity contribution >= 4 is 17.7 Å². The smallest absolute Gasteiger partial charge is 0.191 e. The first kappa shape index (κ1) is 13.6. The van der Waals surface area contributed by atoms with Gasteiger partial charge in [-0.2, -0.15) is 11.8 Å². The van der Waals surface area contributed by atoms with Crippen LogP contribution in [0.5, 0.6) is 0 Å². The van der Waals surface area contributed by atoms with E-state index in [1.807, 2.05) is 11.8 Å². The predicted octanol–water partition coefficient (Wildman–Crippen LogP) is 1.08. The molecule has 4 nitrogen and oxygen atoms in total. The quantitative estimate of drug-likeness (QED) is 0.418. The van der Waals surface area contributed by atoms with Crippen molar-refractivity contribution < 1.29 is 4.74 Å². The highest BCUT2D eigenvalue weighted by Crippen LogP contribution is 2.25. The predicted molar refractivity (Wildman–Crippen MR) is 71.3 cm³/mol. The van der Waals surface area contributed by atoms with Gasteiger partial charge in [-0.05, 0) is 25.5 Å². The maximum Gasteiger partial charge on any atom is 0.191 e. The molecule has 1 rings (SSSR count). The standard InChI is InChI=1S/C11H23N3OS/c1-3-12-11(13-6-7-15-2)14-9-10-5-4-8-16-10/h10H,3-9H2,1-2H3,(H2,12,13,14). The first-order valence-corrected chi connectivity index (χ1v) is 7.04. The molecule has 0 aromatic rings. The highest BCUT2D eigenvalue weighted by atomic mass is 32.2. The summed E-state index contributed by atoms with van der Waals surface area (Å²) < 4.78 is 5.00. The minimum absolute atomic E-state index is 0.711. The Balaban J connectivity index is 2.25. The summed E-state index contributed by atoms with van der Waals surface area (Å²) in [7, 11) is 1.71. The van der Waals surface area contributed by atoms with Crippen molar-refractivity contribution in [3.8, 4) is 0 Å². The number of guanidine groups is 1. The number of aliphatic imine (C=N–C) groups is 1. The number of hydrogen-bond donors (Lipinski definition) is 2. The normalized spacial score (nSPS) is 21.1. The zero-order chi connectivity index (χ0) is 11.6. The second-order valence-electron chi connectivity index (χ2n) is 3.77. The van der Waals surface area contributed by atoms with E-state index in [0.717, 1.165) is 30.8 Å². The van der Waals surface area contributed by atoms with E-state index in [1.54, 1.807) is 7.11 Å². The molecule has 0 aliphatic carbocycles. The van der Waals surface area contributed by atoms with E-state index in [1.165, 1.54) is 18.6 Å². The molecule has 0 spiro atoms. The van der Waals surface area contributed by atoms with Crippen LogP contribution >= 0.6 is 11.8 Å². The summed E-state index contributed by atoms with van der Waals surface area (Å²) in [6.45, 7) is 5.42. The molecular weight excluding hydrogens is 222 g/mol. The molecule has 0 saturated carbocycles. The molecule has 1 saturated heterocycles. The van der Waals surface area contributed by atoms with Gasteiger partial charge in [-0.25, -0.2) is 0 Å². The Kier molecular flexibility index (Phi) is 7.42. The van der Waals surface area contributed by atoms with Crippen LogP contribution in [0.4, 0.5) is 0 Å². The Labute approximate surface area is 103 Å². The molecule has 1 unspecified atom stereocenters. The van der Waals surface area contributed by atoms with Crippen LogP contribution in [-0.4, -0.2) is 50.3 Å². The number of thioether (sulfide) groups is 1. The molecule has 1 fully saturated rings. The van der Waals surface area contributed by atoms with Crippen LogP contribution in [0.3, 0.4) is 0 Å². The fourth-order valence-corrected chi connectivity index (χ4v) is 2.77. The van der Waals surface area contributed by atoms with Crippen molar-refractivity contribution in [1.82, 2.24) is 10.6 Å². The van der Waals surface area contributed by atoms with Crippen molar-refractivity contribution in [2.75, 3.05) is 39.1 Å². The maximum absolute atomic E-state index is 5.00. The molecule has 1 heterocycles. The summed E-state index contributed by atoms with van der Waals surface area (Å²) in [5.74, 6) is 2.21. The number of methoxy groups -OCH3 is 1. The van der Waals surface area contributed by atoms with E-state index in [4.69, 9.17) is 4.74 Å².